The maximum absolute atomic E-state index is 9.90. The smallest absolute Gasteiger partial charge is 0.125 e. The van der Waals surface area contributed by atoms with Crippen molar-refractivity contribution in [3.63, 3.8) is 0 Å². The molecule has 0 amide bonds. The minimum Gasteiger partial charge on any atom is -0.378 e. The van der Waals surface area contributed by atoms with Crippen LogP contribution in [-0.4, -0.2) is 10.7 Å². The van der Waals surface area contributed by atoms with Crippen molar-refractivity contribution in [1.82, 2.24) is 0 Å². The average molecular weight is 187 g/mol. The van der Waals surface area contributed by atoms with Crippen molar-refractivity contribution in [2.24, 2.45) is 0 Å². The highest BCUT2D eigenvalue weighted by Crippen LogP contribution is 2.12. The molecule has 73 valence electrons. The molecule has 0 saturated carbocycles. The molecule has 0 aliphatic rings. The molecular formula is C13H15O. The van der Waals surface area contributed by atoms with Gasteiger partial charge in [0.1, 0.15) is 5.60 Å². The van der Waals surface area contributed by atoms with Gasteiger partial charge in [0.05, 0.1) is 0 Å². The third kappa shape index (κ3) is 2.90. The SMILES string of the molecule is CCC(O)(C#Cc1[c]cccc1)CC. The fourth-order valence-corrected chi connectivity index (χ4v) is 1.08. The van der Waals surface area contributed by atoms with Gasteiger partial charge in [-0.05, 0) is 25.0 Å². The van der Waals surface area contributed by atoms with Crippen LogP contribution in [0, 0.1) is 17.9 Å². The fraction of sp³-hybridized carbons (Fsp3) is 0.385. The largest absolute Gasteiger partial charge is 0.378 e. The van der Waals surface area contributed by atoms with Gasteiger partial charge in [0.15, 0.2) is 0 Å². The Morgan fingerprint density at radius 1 is 1.36 bits per heavy atom. The van der Waals surface area contributed by atoms with Crippen LogP contribution in [0.2, 0.25) is 0 Å². The first kappa shape index (κ1) is 10.8. The first-order chi connectivity index (χ1) is 6.70. The van der Waals surface area contributed by atoms with Crippen LogP contribution in [-0.2, 0) is 0 Å². The zero-order valence-electron chi connectivity index (χ0n) is 8.67. The monoisotopic (exact) mass is 187 g/mol. The van der Waals surface area contributed by atoms with Crippen molar-refractivity contribution in [1.29, 1.82) is 0 Å². The van der Waals surface area contributed by atoms with Crippen LogP contribution in [0.4, 0.5) is 0 Å². The summed E-state index contributed by atoms with van der Waals surface area (Å²) in [7, 11) is 0. The Bertz CT molecular complexity index is 325. The second-order valence-electron chi connectivity index (χ2n) is 3.26. The molecule has 0 spiro atoms. The summed E-state index contributed by atoms with van der Waals surface area (Å²) in [5.74, 6) is 5.82. The molecule has 0 saturated heterocycles. The molecule has 1 aromatic rings. The van der Waals surface area contributed by atoms with E-state index >= 15 is 0 Å². The zero-order valence-corrected chi connectivity index (χ0v) is 8.67. The summed E-state index contributed by atoms with van der Waals surface area (Å²) in [4.78, 5) is 0. The highest BCUT2D eigenvalue weighted by atomic mass is 16.3. The van der Waals surface area contributed by atoms with Crippen molar-refractivity contribution in [2.45, 2.75) is 32.3 Å². The Labute approximate surface area is 85.8 Å². The number of benzene rings is 1. The molecule has 0 aromatic heterocycles. The second-order valence-corrected chi connectivity index (χ2v) is 3.26. The van der Waals surface area contributed by atoms with Crippen LogP contribution in [0.1, 0.15) is 32.3 Å². The van der Waals surface area contributed by atoms with E-state index in [1.165, 1.54) is 0 Å². The lowest BCUT2D eigenvalue weighted by Gasteiger charge is -2.16. The fourth-order valence-electron chi connectivity index (χ4n) is 1.08. The third-order valence-electron chi connectivity index (χ3n) is 2.31. The van der Waals surface area contributed by atoms with E-state index in [1.54, 1.807) is 0 Å². The van der Waals surface area contributed by atoms with Crippen LogP contribution >= 0.6 is 0 Å². The summed E-state index contributed by atoms with van der Waals surface area (Å²) in [6.07, 6.45) is 1.31. The van der Waals surface area contributed by atoms with E-state index < -0.39 is 5.60 Å². The topological polar surface area (TPSA) is 20.2 Å². The van der Waals surface area contributed by atoms with E-state index in [1.807, 2.05) is 38.1 Å². The molecule has 0 bridgehead atoms. The highest BCUT2D eigenvalue weighted by molar-refractivity contribution is 5.34. The molecule has 1 aromatic carbocycles. The van der Waals surface area contributed by atoms with Crippen LogP contribution in [0.25, 0.3) is 0 Å². The van der Waals surface area contributed by atoms with Gasteiger partial charge in [-0.1, -0.05) is 43.9 Å². The van der Waals surface area contributed by atoms with Crippen LogP contribution in [0.5, 0.6) is 0 Å². The van der Waals surface area contributed by atoms with Crippen LogP contribution in [0.15, 0.2) is 24.3 Å². The predicted molar refractivity (Wildman–Crippen MR) is 57.7 cm³/mol. The third-order valence-corrected chi connectivity index (χ3v) is 2.31. The number of aliphatic hydroxyl groups is 1. The Hall–Kier alpha value is -1.26. The lowest BCUT2D eigenvalue weighted by Crippen LogP contribution is -2.23. The van der Waals surface area contributed by atoms with Crippen molar-refractivity contribution in [2.75, 3.05) is 0 Å². The van der Waals surface area contributed by atoms with Crippen LogP contribution in [0.3, 0.4) is 0 Å². The molecule has 1 radical (unpaired) electrons. The maximum atomic E-state index is 9.90. The van der Waals surface area contributed by atoms with Gasteiger partial charge in [0.2, 0.25) is 0 Å². The standard InChI is InChI=1S/C13H15O/c1-3-13(14,4-2)11-10-12-8-6-5-7-9-12/h5-8,14H,3-4H2,1-2H3. The average Bonchev–Trinajstić information content (AvgIpc) is 2.27. The summed E-state index contributed by atoms with van der Waals surface area (Å²) in [5.41, 5.74) is -0.0169. The summed E-state index contributed by atoms with van der Waals surface area (Å²) < 4.78 is 0. The van der Waals surface area contributed by atoms with Crippen LogP contribution < -0.4 is 0 Å². The summed E-state index contributed by atoms with van der Waals surface area (Å²) >= 11 is 0. The number of rotatable bonds is 2. The normalized spacial score (nSPS) is 10.5. The number of hydrogen-bond donors (Lipinski definition) is 1. The van der Waals surface area contributed by atoms with Gasteiger partial charge in [-0.2, -0.15) is 0 Å². The molecule has 0 aliphatic heterocycles. The lowest BCUT2D eigenvalue weighted by atomic mass is 9.98. The van der Waals surface area contributed by atoms with E-state index in [0.717, 1.165) is 5.56 Å². The summed E-state index contributed by atoms with van der Waals surface area (Å²) in [6.45, 7) is 3.87. The van der Waals surface area contributed by atoms with Crippen molar-refractivity contribution < 1.29 is 5.11 Å². The molecule has 14 heavy (non-hydrogen) atoms. The minimum atomic E-state index is -0.844. The molecule has 0 heterocycles. The molecule has 1 rings (SSSR count). The van der Waals surface area contributed by atoms with Gasteiger partial charge in [-0.25, -0.2) is 0 Å². The van der Waals surface area contributed by atoms with E-state index in [0.29, 0.717) is 12.8 Å². The molecule has 1 heteroatoms. The maximum Gasteiger partial charge on any atom is 0.125 e. The zero-order chi connectivity index (χ0) is 10.4. The Balaban J connectivity index is 2.82. The quantitative estimate of drug-likeness (QED) is 0.705. The molecular weight excluding hydrogens is 172 g/mol. The molecule has 1 N–H and O–H groups in total. The Morgan fingerprint density at radius 3 is 2.57 bits per heavy atom. The van der Waals surface area contributed by atoms with Gasteiger partial charge in [-0.3, -0.25) is 0 Å². The molecule has 1 nitrogen and oxygen atoms in total. The van der Waals surface area contributed by atoms with E-state index in [2.05, 4.69) is 17.9 Å². The highest BCUT2D eigenvalue weighted by Gasteiger charge is 2.17. The second kappa shape index (κ2) is 4.83. The minimum absolute atomic E-state index is 0.656. The van der Waals surface area contributed by atoms with Gasteiger partial charge in [0, 0.05) is 5.56 Å². The van der Waals surface area contributed by atoms with E-state index in [4.69, 9.17) is 0 Å². The van der Waals surface area contributed by atoms with Gasteiger partial charge < -0.3 is 5.11 Å². The Morgan fingerprint density at radius 2 is 2.07 bits per heavy atom. The molecule has 0 aliphatic carbocycles. The van der Waals surface area contributed by atoms with Crippen molar-refractivity contribution in [3.05, 3.63) is 35.9 Å². The van der Waals surface area contributed by atoms with Gasteiger partial charge in [-0.15, -0.1) is 0 Å². The number of hydrogen-bond acceptors (Lipinski definition) is 1. The molecule has 0 unspecified atom stereocenters. The van der Waals surface area contributed by atoms with E-state index in [9.17, 15) is 5.11 Å². The van der Waals surface area contributed by atoms with Gasteiger partial charge in [0.25, 0.3) is 0 Å². The lowest BCUT2D eigenvalue weighted by molar-refractivity contribution is 0.0931. The predicted octanol–water partition coefficient (Wildman–Crippen LogP) is 2.39. The first-order valence-corrected chi connectivity index (χ1v) is 4.92. The molecule has 0 atom stereocenters. The summed E-state index contributed by atoms with van der Waals surface area (Å²) in [6, 6.07) is 10.5. The molecule has 0 fully saturated rings. The van der Waals surface area contributed by atoms with Gasteiger partial charge >= 0.3 is 0 Å². The van der Waals surface area contributed by atoms with Crippen molar-refractivity contribution in [3.8, 4) is 11.8 Å². The van der Waals surface area contributed by atoms with Crippen molar-refractivity contribution >= 4 is 0 Å². The van der Waals surface area contributed by atoms with E-state index in [-0.39, 0.29) is 0 Å². The summed E-state index contributed by atoms with van der Waals surface area (Å²) in [5, 5.41) is 9.90. The Kier molecular flexibility index (Phi) is 3.73. The first-order valence-electron chi connectivity index (χ1n) is 4.92.